The topological polar surface area (TPSA) is 34.1 Å². The summed E-state index contributed by atoms with van der Waals surface area (Å²) < 4.78 is 0. The van der Waals surface area contributed by atoms with Crippen LogP contribution in [-0.4, -0.2) is 11.6 Å². The molecule has 0 radical (unpaired) electrons. The zero-order valence-electron chi connectivity index (χ0n) is 10.1. The maximum Gasteiger partial charge on any atom is 0.136 e. The molecule has 0 aliphatic rings. The summed E-state index contributed by atoms with van der Waals surface area (Å²) in [6.07, 6.45) is 0.944. The Labute approximate surface area is 96.7 Å². The van der Waals surface area contributed by atoms with Crippen LogP contribution >= 0.6 is 0 Å². The van der Waals surface area contributed by atoms with Gasteiger partial charge in [-0.05, 0) is 25.8 Å². The molecule has 0 heterocycles. The molecule has 1 aromatic rings. The minimum absolute atomic E-state index is 0.0635. The summed E-state index contributed by atoms with van der Waals surface area (Å²) >= 11 is 0. The molecule has 0 aliphatic carbocycles. The SMILES string of the molecule is CC(=O)CC(C)(Cc1ccccc1)C(C)=O. The molecule has 0 aliphatic heterocycles. The van der Waals surface area contributed by atoms with Crippen LogP contribution in [0.25, 0.3) is 0 Å². The van der Waals surface area contributed by atoms with Gasteiger partial charge in [-0.1, -0.05) is 37.3 Å². The predicted molar refractivity (Wildman–Crippen MR) is 64.2 cm³/mol. The van der Waals surface area contributed by atoms with Gasteiger partial charge >= 0.3 is 0 Å². The molecule has 0 saturated carbocycles. The van der Waals surface area contributed by atoms with Gasteiger partial charge in [0, 0.05) is 11.8 Å². The Morgan fingerprint density at radius 1 is 1.12 bits per heavy atom. The van der Waals surface area contributed by atoms with Crippen molar-refractivity contribution in [3.05, 3.63) is 35.9 Å². The second kappa shape index (κ2) is 5.06. The van der Waals surface area contributed by atoms with Crippen LogP contribution in [0.2, 0.25) is 0 Å². The Hall–Kier alpha value is -1.44. The normalized spacial score (nSPS) is 14.2. The third-order valence-electron chi connectivity index (χ3n) is 2.93. The van der Waals surface area contributed by atoms with Crippen molar-refractivity contribution in [1.82, 2.24) is 0 Å². The van der Waals surface area contributed by atoms with Crippen LogP contribution in [0.3, 0.4) is 0 Å². The van der Waals surface area contributed by atoms with Gasteiger partial charge in [-0.2, -0.15) is 0 Å². The highest BCUT2D eigenvalue weighted by Gasteiger charge is 2.31. The van der Waals surface area contributed by atoms with Gasteiger partial charge in [0.2, 0.25) is 0 Å². The molecule has 0 spiro atoms. The van der Waals surface area contributed by atoms with E-state index in [1.165, 1.54) is 6.92 Å². The number of carbonyl (C=O) groups is 2. The van der Waals surface area contributed by atoms with E-state index in [1.807, 2.05) is 37.3 Å². The standard InChI is InChI=1S/C14H18O2/c1-11(15)9-14(3,12(2)16)10-13-7-5-4-6-8-13/h4-8H,9-10H2,1-3H3. The zero-order chi connectivity index (χ0) is 12.2. The molecule has 0 amide bonds. The van der Waals surface area contributed by atoms with E-state index in [-0.39, 0.29) is 11.6 Å². The highest BCUT2D eigenvalue weighted by Crippen LogP contribution is 2.28. The van der Waals surface area contributed by atoms with Gasteiger partial charge in [-0.25, -0.2) is 0 Å². The van der Waals surface area contributed by atoms with Crippen molar-refractivity contribution in [2.75, 3.05) is 0 Å². The zero-order valence-corrected chi connectivity index (χ0v) is 10.1. The van der Waals surface area contributed by atoms with Crippen molar-refractivity contribution in [3.8, 4) is 0 Å². The summed E-state index contributed by atoms with van der Waals surface area (Å²) in [5.41, 5.74) is 0.536. The monoisotopic (exact) mass is 218 g/mol. The van der Waals surface area contributed by atoms with Crippen molar-refractivity contribution in [2.45, 2.75) is 33.6 Å². The summed E-state index contributed by atoms with van der Waals surface area (Å²) in [5.74, 6) is 0.139. The second-order valence-electron chi connectivity index (χ2n) is 4.66. The Bertz CT molecular complexity index is 381. The molecule has 0 bridgehead atoms. The molecule has 2 nitrogen and oxygen atoms in total. The molecule has 1 unspecified atom stereocenters. The van der Waals surface area contributed by atoms with E-state index in [4.69, 9.17) is 0 Å². The van der Waals surface area contributed by atoms with Gasteiger partial charge in [-0.15, -0.1) is 0 Å². The molecule has 1 rings (SSSR count). The van der Waals surface area contributed by atoms with E-state index in [0.717, 1.165) is 5.56 Å². The molecule has 0 fully saturated rings. The maximum atomic E-state index is 11.7. The molecule has 0 aromatic heterocycles. The van der Waals surface area contributed by atoms with Crippen molar-refractivity contribution >= 4 is 11.6 Å². The number of ketones is 2. The van der Waals surface area contributed by atoms with Crippen LogP contribution in [0, 0.1) is 5.41 Å². The summed E-state index contributed by atoms with van der Waals surface area (Å²) in [5, 5.41) is 0. The van der Waals surface area contributed by atoms with E-state index >= 15 is 0 Å². The van der Waals surface area contributed by atoms with Crippen LogP contribution < -0.4 is 0 Å². The van der Waals surface area contributed by atoms with Crippen molar-refractivity contribution in [1.29, 1.82) is 0 Å². The first-order valence-electron chi connectivity index (χ1n) is 5.48. The average Bonchev–Trinajstić information content (AvgIpc) is 2.17. The lowest BCUT2D eigenvalue weighted by molar-refractivity contribution is -0.130. The highest BCUT2D eigenvalue weighted by molar-refractivity contribution is 5.88. The van der Waals surface area contributed by atoms with Crippen molar-refractivity contribution < 1.29 is 9.59 Å². The lowest BCUT2D eigenvalue weighted by Crippen LogP contribution is -2.30. The van der Waals surface area contributed by atoms with Crippen LogP contribution in [0.15, 0.2) is 30.3 Å². The van der Waals surface area contributed by atoms with Crippen LogP contribution in [0.5, 0.6) is 0 Å². The van der Waals surface area contributed by atoms with E-state index in [9.17, 15) is 9.59 Å². The van der Waals surface area contributed by atoms with Crippen molar-refractivity contribution in [2.24, 2.45) is 5.41 Å². The van der Waals surface area contributed by atoms with Crippen LogP contribution in [-0.2, 0) is 16.0 Å². The lowest BCUT2D eigenvalue weighted by Gasteiger charge is -2.25. The maximum absolute atomic E-state index is 11.7. The molecule has 1 aromatic carbocycles. The van der Waals surface area contributed by atoms with E-state index < -0.39 is 5.41 Å². The summed E-state index contributed by atoms with van der Waals surface area (Å²) in [6, 6.07) is 9.82. The Balaban J connectivity index is 2.87. The molecule has 0 saturated heterocycles. The first-order valence-corrected chi connectivity index (χ1v) is 5.48. The smallest absolute Gasteiger partial charge is 0.136 e. The fourth-order valence-electron chi connectivity index (χ4n) is 1.91. The van der Waals surface area contributed by atoms with E-state index in [0.29, 0.717) is 12.8 Å². The number of hydrogen-bond acceptors (Lipinski definition) is 2. The van der Waals surface area contributed by atoms with Gasteiger partial charge < -0.3 is 0 Å². The molecular weight excluding hydrogens is 200 g/mol. The quantitative estimate of drug-likeness (QED) is 0.761. The Morgan fingerprint density at radius 2 is 1.69 bits per heavy atom. The number of rotatable bonds is 5. The largest absolute Gasteiger partial charge is 0.300 e. The van der Waals surface area contributed by atoms with Gasteiger partial charge in [0.1, 0.15) is 11.6 Å². The molecule has 1 atom stereocenters. The minimum atomic E-state index is -0.562. The first kappa shape index (κ1) is 12.6. The molecule has 16 heavy (non-hydrogen) atoms. The number of benzene rings is 1. The average molecular weight is 218 g/mol. The summed E-state index contributed by atoms with van der Waals surface area (Å²) in [7, 11) is 0. The van der Waals surface area contributed by atoms with Gasteiger partial charge in [0.15, 0.2) is 0 Å². The van der Waals surface area contributed by atoms with Crippen molar-refractivity contribution in [3.63, 3.8) is 0 Å². The summed E-state index contributed by atoms with van der Waals surface area (Å²) in [4.78, 5) is 22.9. The number of Topliss-reactive ketones (excluding diaryl/α,β-unsaturated/α-hetero) is 2. The fourth-order valence-corrected chi connectivity index (χ4v) is 1.91. The Kier molecular flexibility index (Phi) is 3.99. The second-order valence-corrected chi connectivity index (χ2v) is 4.66. The van der Waals surface area contributed by atoms with Crippen LogP contribution in [0.1, 0.15) is 32.8 Å². The molecule has 86 valence electrons. The molecule has 2 heteroatoms. The lowest BCUT2D eigenvalue weighted by atomic mass is 9.76. The highest BCUT2D eigenvalue weighted by atomic mass is 16.1. The third kappa shape index (κ3) is 3.30. The minimum Gasteiger partial charge on any atom is -0.300 e. The number of hydrogen-bond donors (Lipinski definition) is 0. The fraction of sp³-hybridized carbons (Fsp3) is 0.429. The number of carbonyl (C=O) groups excluding carboxylic acids is 2. The van der Waals surface area contributed by atoms with E-state index in [1.54, 1.807) is 6.92 Å². The first-order chi connectivity index (χ1) is 7.44. The molecule has 0 N–H and O–H groups in total. The van der Waals surface area contributed by atoms with E-state index in [2.05, 4.69) is 0 Å². The van der Waals surface area contributed by atoms with Gasteiger partial charge in [0.05, 0.1) is 0 Å². The predicted octanol–water partition coefficient (Wildman–Crippen LogP) is 2.80. The van der Waals surface area contributed by atoms with Gasteiger partial charge in [0.25, 0.3) is 0 Å². The molecular formula is C14H18O2. The Morgan fingerprint density at radius 3 is 2.12 bits per heavy atom. The third-order valence-corrected chi connectivity index (χ3v) is 2.93. The van der Waals surface area contributed by atoms with Crippen LogP contribution in [0.4, 0.5) is 0 Å². The van der Waals surface area contributed by atoms with Gasteiger partial charge in [-0.3, -0.25) is 9.59 Å². The summed E-state index contributed by atoms with van der Waals surface area (Å²) in [6.45, 7) is 4.96.